The van der Waals surface area contributed by atoms with Crippen molar-refractivity contribution in [3.05, 3.63) is 29.1 Å². The van der Waals surface area contributed by atoms with Gasteiger partial charge in [0, 0.05) is 18.7 Å². The fraction of sp³-hybridized carbons (Fsp3) is 0.357. The normalized spacial score (nSPS) is 12.0. The topological polar surface area (TPSA) is 73.3 Å². The predicted octanol–water partition coefficient (Wildman–Crippen LogP) is 1.98. The van der Waals surface area contributed by atoms with Crippen molar-refractivity contribution in [2.45, 2.75) is 13.0 Å². The van der Waals surface area contributed by atoms with Crippen molar-refractivity contribution < 1.29 is 14.3 Å². The number of nitrogens with zero attached hydrogens (tertiary/aromatic N) is 2. The van der Waals surface area contributed by atoms with Crippen molar-refractivity contribution >= 4 is 17.4 Å². The van der Waals surface area contributed by atoms with E-state index in [9.17, 15) is 4.79 Å². The first-order valence-electron chi connectivity index (χ1n) is 6.42. The van der Waals surface area contributed by atoms with Gasteiger partial charge in [0.1, 0.15) is 16.3 Å². The van der Waals surface area contributed by atoms with Crippen LogP contribution in [0.15, 0.2) is 24.3 Å². The molecule has 1 amide bonds. The number of aromatic nitrogens is 2. The van der Waals surface area contributed by atoms with Gasteiger partial charge < -0.3 is 14.8 Å². The van der Waals surface area contributed by atoms with Crippen LogP contribution in [0.25, 0.3) is 11.3 Å². The molecule has 0 radical (unpaired) electrons. The lowest BCUT2D eigenvalue weighted by atomic mass is 10.1. The van der Waals surface area contributed by atoms with Gasteiger partial charge in [-0.05, 0) is 42.7 Å². The zero-order chi connectivity index (χ0) is 15.2. The molecule has 2 aromatic rings. The fourth-order valence-corrected chi connectivity index (χ4v) is 2.45. The van der Waals surface area contributed by atoms with Crippen LogP contribution in [0.4, 0.5) is 0 Å². The lowest BCUT2D eigenvalue weighted by molar-refractivity contribution is 0.0910. The predicted molar refractivity (Wildman–Crippen MR) is 80.7 cm³/mol. The third-order valence-electron chi connectivity index (χ3n) is 2.85. The molecule has 0 fully saturated rings. The van der Waals surface area contributed by atoms with Gasteiger partial charge in [-0.25, -0.2) is 0 Å². The number of methoxy groups -OCH3 is 2. The molecule has 0 saturated heterocycles. The Balaban J connectivity index is 2.19. The Morgan fingerprint density at radius 2 is 2.05 bits per heavy atom. The number of amides is 1. The second-order valence-corrected chi connectivity index (χ2v) is 5.26. The summed E-state index contributed by atoms with van der Waals surface area (Å²) in [7, 11) is 3.20. The molecule has 0 bridgehead atoms. The van der Waals surface area contributed by atoms with Gasteiger partial charge in [0.2, 0.25) is 0 Å². The van der Waals surface area contributed by atoms with Crippen LogP contribution in [-0.2, 0) is 4.74 Å². The summed E-state index contributed by atoms with van der Waals surface area (Å²) in [5, 5.41) is 6.91. The van der Waals surface area contributed by atoms with E-state index in [1.807, 2.05) is 31.2 Å². The van der Waals surface area contributed by atoms with Crippen molar-refractivity contribution in [3.63, 3.8) is 0 Å². The van der Waals surface area contributed by atoms with E-state index in [0.717, 1.165) is 22.8 Å². The van der Waals surface area contributed by atoms with E-state index in [4.69, 9.17) is 9.47 Å². The molecule has 6 nitrogen and oxygen atoms in total. The highest BCUT2D eigenvalue weighted by Crippen LogP contribution is 2.25. The highest BCUT2D eigenvalue weighted by Gasteiger charge is 2.19. The Bertz CT molecular complexity index is 598. The maximum absolute atomic E-state index is 12.2. The van der Waals surface area contributed by atoms with E-state index in [1.165, 1.54) is 0 Å². The summed E-state index contributed by atoms with van der Waals surface area (Å²) in [6.07, 6.45) is 0. The summed E-state index contributed by atoms with van der Waals surface area (Å²) in [6, 6.07) is 7.28. The lowest BCUT2D eigenvalue weighted by Crippen LogP contribution is -2.35. The third kappa shape index (κ3) is 3.77. The van der Waals surface area contributed by atoms with Crippen LogP contribution in [0, 0.1) is 0 Å². The average Bonchev–Trinajstić information content (AvgIpc) is 2.97. The van der Waals surface area contributed by atoms with Crippen molar-refractivity contribution in [3.8, 4) is 17.0 Å². The SMILES string of the molecule is COC[C@@H](C)NC(=O)c1snnc1-c1ccc(OC)cc1. The molecular weight excluding hydrogens is 290 g/mol. The summed E-state index contributed by atoms with van der Waals surface area (Å²) < 4.78 is 14.0. The van der Waals surface area contributed by atoms with Crippen molar-refractivity contribution in [2.75, 3.05) is 20.8 Å². The zero-order valence-corrected chi connectivity index (χ0v) is 12.9. The van der Waals surface area contributed by atoms with Gasteiger partial charge in [0.25, 0.3) is 5.91 Å². The molecular formula is C14H17N3O3S. The monoisotopic (exact) mass is 307 g/mol. The molecule has 0 aliphatic rings. The molecule has 0 spiro atoms. The van der Waals surface area contributed by atoms with Gasteiger partial charge >= 0.3 is 0 Å². The minimum Gasteiger partial charge on any atom is -0.497 e. The minimum atomic E-state index is -0.194. The molecule has 1 aromatic carbocycles. The summed E-state index contributed by atoms with van der Waals surface area (Å²) >= 11 is 1.08. The van der Waals surface area contributed by atoms with Gasteiger partial charge in [0.05, 0.1) is 13.7 Å². The molecule has 21 heavy (non-hydrogen) atoms. The molecule has 1 aromatic heterocycles. The molecule has 1 N–H and O–H groups in total. The first-order chi connectivity index (χ1) is 10.2. The molecule has 7 heteroatoms. The van der Waals surface area contributed by atoms with Gasteiger partial charge in [-0.15, -0.1) is 5.10 Å². The number of hydrogen-bond donors (Lipinski definition) is 1. The largest absolute Gasteiger partial charge is 0.497 e. The van der Waals surface area contributed by atoms with Gasteiger partial charge in [-0.2, -0.15) is 0 Å². The fourth-order valence-electron chi connectivity index (χ4n) is 1.86. The molecule has 1 heterocycles. The van der Waals surface area contributed by atoms with E-state index in [2.05, 4.69) is 14.9 Å². The highest BCUT2D eigenvalue weighted by atomic mass is 32.1. The van der Waals surface area contributed by atoms with Gasteiger partial charge in [-0.3, -0.25) is 4.79 Å². The van der Waals surface area contributed by atoms with Crippen molar-refractivity contribution in [1.82, 2.24) is 14.9 Å². The second kappa shape index (κ2) is 7.14. The molecule has 1 atom stereocenters. The van der Waals surface area contributed by atoms with Crippen LogP contribution in [0.5, 0.6) is 5.75 Å². The number of benzene rings is 1. The molecule has 0 saturated carbocycles. The number of nitrogens with one attached hydrogen (secondary N) is 1. The summed E-state index contributed by atoms with van der Waals surface area (Å²) in [6.45, 7) is 2.33. The quantitative estimate of drug-likeness (QED) is 0.883. The number of ether oxygens (including phenoxy) is 2. The van der Waals surface area contributed by atoms with Gasteiger partial charge in [-0.1, -0.05) is 4.49 Å². The van der Waals surface area contributed by atoms with Crippen LogP contribution in [-0.4, -0.2) is 42.4 Å². The molecule has 0 aliphatic heterocycles. The summed E-state index contributed by atoms with van der Waals surface area (Å²) in [5.41, 5.74) is 1.40. The number of hydrogen-bond acceptors (Lipinski definition) is 6. The van der Waals surface area contributed by atoms with Gasteiger partial charge in [0.15, 0.2) is 0 Å². The number of rotatable bonds is 6. The van der Waals surface area contributed by atoms with Crippen molar-refractivity contribution in [2.24, 2.45) is 0 Å². The average molecular weight is 307 g/mol. The van der Waals surface area contributed by atoms with Crippen molar-refractivity contribution in [1.29, 1.82) is 0 Å². The highest BCUT2D eigenvalue weighted by molar-refractivity contribution is 7.08. The Hall–Kier alpha value is -1.99. The maximum Gasteiger partial charge on any atom is 0.265 e. The Kier molecular flexibility index (Phi) is 5.24. The van der Waals surface area contributed by atoms with Crippen LogP contribution in [0.2, 0.25) is 0 Å². The standard InChI is InChI=1S/C14H17N3O3S/c1-9(8-19-2)15-14(18)13-12(16-17-21-13)10-4-6-11(20-3)7-5-10/h4-7,9H,8H2,1-3H3,(H,15,18)/t9-/m1/s1. The summed E-state index contributed by atoms with van der Waals surface area (Å²) in [4.78, 5) is 12.7. The van der Waals surface area contributed by atoms with E-state index >= 15 is 0 Å². The van der Waals surface area contributed by atoms with E-state index in [-0.39, 0.29) is 11.9 Å². The summed E-state index contributed by atoms with van der Waals surface area (Å²) in [5.74, 6) is 0.557. The Morgan fingerprint density at radius 1 is 1.33 bits per heavy atom. The third-order valence-corrected chi connectivity index (χ3v) is 3.58. The smallest absolute Gasteiger partial charge is 0.265 e. The van der Waals surface area contributed by atoms with Crippen LogP contribution >= 0.6 is 11.5 Å². The Labute approximate surface area is 127 Å². The molecule has 0 unspecified atom stereocenters. The Morgan fingerprint density at radius 3 is 2.67 bits per heavy atom. The molecule has 2 rings (SSSR count). The molecule has 112 valence electrons. The first kappa shape index (κ1) is 15.4. The molecule has 0 aliphatic carbocycles. The maximum atomic E-state index is 12.2. The second-order valence-electron chi connectivity index (χ2n) is 4.51. The number of carbonyl (C=O) groups is 1. The van der Waals surface area contributed by atoms with E-state index in [1.54, 1.807) is 14.2 Å². The van der Waals surface area contributed by atoms with Crippen LogP contribution in [0.1, 0.15) is 16.6 Å². The lowest BCUT2D eigenvalue weighted by Gasteiger charge is -2.12. The minimum absolute atomic E-state index is 0.0756. The zero-order valence-electron chi connectivity index (χ0n) is 12.1. The van der Waals surface area contributed by atoms with E-state index in [0.29, 0.717) is 17.2 Å². The van der Waals surface area contributed by atoms with Crippen LogP contribution in [0.3, 0.4) is 0 Å². The van der Waals surface area contributed by atoms with E-state index < -0.39 is 0 Å². The van der Waals surface area contributed by atoms with Crippen LogP contribution < -0.4 is 10.1 Å². The number of carbonyl (C=O) groups excluding carboxylic acids is 1. The first-order valence-corrected chi connectivity index (χ1v) is 7.19.